The Morgan fingerprint density at radius 3 is 2.43 bits per heavy atom. The highest BCUT2D eigenvalue weighted by atomic mass is 16.6. The molecule has 0 aliphatic carbocycles. The van der Waals surface area contributed by atoms with Gasteiger partial charge in [-0.15, -0.1) is 0 Å². The topological polar surface area (TPSA) is 49.8 Å². The van der Waals surface area contributed by atoms with Crippen molar-refractivity contribution in [1.82, 2.24) is 4.90 Å². The van der Waals surface area contributed by atoms with Crippen LogP contribution >= 0.6 is 0 Å². The molecule has 1 aromatic carbocycles. The van der Waals surface area contributed by atoms with Gasteiger partial charge in [-0.2, -0.15) is 0 Å². The molecule has 4 nitrogen and oxygen atoms in total. The van der Waals surface area contributed by atoms with E-state index < -0.39 is 5.60 Å². The van der Waals surface area contributed by atoms with Gasteiger partial charge in [0.2, 0.25) is 0 Å². The number of nitrogens with zero attached hydrogens (tertiary/aromatic N) is 1. The predicted octanol–water partition coefficient (Wildman–Crippen LogP) is 2.60. The summed E-state index contributed by atoms with van der Waals surface area (Å²) in [5, 5.41) is 8.89. The van der Waals surface area contributed by atoms with Crippen molar-refractivity contribution in [3.63, 3.8) is 0 Å². The summed E-state index contributed by atoms with van der Waals surface area (Å²) in [7, 11) is 0. The van der Waals surface area contributed by atoms with Gasteiger partial charge in [0.25, 0.3) is 0 Å². The fourth-order valence-corrected chi connectivity index (χ4v) is 2.06. The fourth-order valence-electron chi connectivity index (χ4n) is 2.06. The molecule has 1 N–H and O–H groups in total. The molecule has 4 heteroatoms. The number of rotatable bonds is 8. The molecule has 0 heterocycles. The zero-order chi connectivity index (χ0) is 15.7. The highest BCUT2D eigenvalue weighted by Crippen LogP contribution is 2.10. The minimum absolute atomic E-state index is 0.186. The molecule has 0 unspecified atom stereocenters. The Kier molecular flexibility index (Phi) is 7.40. The van der Waals surface area contributed by atoms with Crippen molar-refractivity contribution in [2.45, 2.75) is 45.8 Å². The van der Waals surface area contributed by atoms with Crippen LogP contribution in [-0.2, 0) is 16.1 Å². The Morgan fingerprint density at radius 2 is 1.86 bits per heavy atom. The van der Waals surface area contributed by atoms with Crippen LogP contribution in [0.25, 0.3) is 0 Å². The summed E-state index contributed by atoms with van der Waals surface area (Å²) in [6.07, 6.45) is 1.62. The normalized spacial score (nSPS) is 11.7. The first-order valence-electron chi connectivity index (χ1n) is 7.50. The van der Waals surface area contributed by atoms with Gasteiger partial charge in [-0.3, -0.25) is 9.69 Å². The van der Waals surface area contributed by atoms with Crippen LogP contribution in [-0.4, -0.2) is 41.3 Å². The van der Waals surface area contributed by atoms with Crippen molar-refractivity contribution in [3.8, 4) is 0 Å². The SMILES string of the molecule is CC(C)(C)OC(=O)CN(CCCCO)Cc1ccccc1. The maximum Gasteiger partial charge on any atom is 0.320 e. The zero-order valence-electron chi connectivity index (χ0n) is 13.3. The first kappa shape index (κ1) is 17.7. The maximum absolute atomic E-state index is 12.0. The minimum atomic E-state index is -0.458. The van der Waals surface area contributed by atoms with Gasteiger partial charge >= 0.3 is 5.97 Å². The van der Waals surface area contributed by atoms with E-state index in [1.165, 1.54) is 5.56 Å². The second-order valence-corrected chi connectivity index (χ2v) is 6.21. The van der Waals surface area contributed by atoms with Crippen LogP contribution in [0.4, 0.5) is 0 Å². The standard InChI is InChI=1S/C17H27NO3/c1-17(2,3)21-16(20)14-18(11-7-8-12-19)13-15-9-5-4-6-10-15/h4-6,9-10,19H,7-8,11-14H2,1-3H3. The largest absolute Gasteiger partial charge is 0.459 e. The second-order valence-electron chi connectivity index (χ2n) is 6.21. The number of esters is 1. The van der Waals surface area contributed by atoms with Crippen LogP contribution in [0.1, 0.15) is 39.2 Å². The Morgan fingerprint density at radius 1 is 1.19 bits per heavy atom. The number of hydrogen-bond acceptors (Lipinski definition) is 4. The molecule has 0 bridgehead atoms. The number of hydrogen-bond donors (Lipinski definition) is 1. The molecule has 21 heavy (non-hydrogen) atoms. The lowest BCUT2D eigenvalue weighted by Gasteiger charge is -2.25. The molecule has 1 rings (SSSR count). The number of aliphatic hydroxyl groups excluding tert-OH is 1. The first-order valence-corrected chi connectivity index (χ1v) is 7.50. The molecule has 1 aromatic rings. The van der Waals surface area contributed by atoms with Gasteiger partial charge in [0.05, 0.1) is 6.54 Å². The quantitative estimate of drug-likeness (QED) is 0.591. The number of aliphatic hydroxyl groups is 1. The Labute approximate surface area is 127 Å². The van der Waals surface area contributed by atoms with Crippen molar-refractivity contribution in [2.24, 2.45) is 0 Å². The second kappa shape index (κ2) is 8.80. The van der Waals surface area contributed by atoms with E-state index in [2.05, 4.69) is 4.90 Å². The maximum atomic E-state index is 12.0. The molecule has 0 radical (unpaired) electrons. The summed E-state index contributed by atoms with van der Waals surface area (Å²) >= 11 is 0. The van der Waals surface area contributed by atoms with Crippen LogP contribution < -0.4 is 0 Å². The van der Waals surface area contributed by atoms with Crippen LogP contribution in [0.5, 0.6) is 0 Å². The molecule has 0 saturated carbocycles. The number of carbonyl (C=O) groups is 1. The third kappa shape index (κ3) is 8.48. The van der Waals surface area contributed by atoms with Crippen LogP contribution in [0.15, 0.2) is 30.3 Å². The van der Waals surface area contributed by atoms with Gasteiger partial charge in [-0.05, 0) is 45.7 Å². The lowest BCUT2D eigenvalue weighted by atomic mass is 10.2. The molecule has 0 saturated heterocycles. The summed E-state index contributed by atoms with van der Waals surface area (Å²) in [5.41, 5.74) is 0.714. The fraction of sp³-hybridized carbons (Fsp3) is 0.588. The molecule has 0 fully saturated rings. The van der Waals surface area contributed by atoms with Gasteiger partial charge in [-0.25, -0.2) is 0 Å². The summed E-state index contributed by atoms with van der Waals surface area (Å²) in [6.45, 7) is 7.57. The molecule has 0 amide bonds. The van der Waals surface area contributed by atoms with Crippen molar-refractivity contribution in [1.29, 1.82) is 0 Å². The van der Waals surface area contributed by atoms with Crippen molar-refractivity contribution < 1.29 is 14.6 Å². The third-order valence-electron chi connectivity index (χ3n) is 2.90. The van der Waals surface area contributed by atoms with Gasteiger partial charge in [-0.1, -0.05) is 30.3 Å². The molecule has 0 aliphatic rings. The van der Waals surface area contributed by atoms with Gasteiger partial charge in [0, 0.05) is 13.2 Å². The molecule has 118 valence electrons. The molecule has 0 spiro atoms. The van der Waals surface area contributed by atoms with Crippen LogP contribution in [0, 0.1) is 0 Å². The lowest BCUT2D eigenvalue weighted by Crippen LogP contribution is -2.35. The lowest BCUT2D eigenvalue weighted by molar-refractivity contribution is -0.156. The Hall–Kier alpha value is -1.39. The van der Waals surface area contributed by atoms with Crippen molar-refractivity contribution in [2.75, 3.05) is 19.7 Å². The smallest absolute Gasteiger partial charge is 0.320 e. The first-order chi connectivity index (χ1) is 9.90. The number of ether oxygens (including phenoxy) is 1. The zero-order valence-corrected chi connectivity index (χ0v) is 13.3. The monoisotopic (exact) mass is 293 g/mol. The summed E-state index contributed by atoms with van der Waals surface area (Å²) in [5.74, 6) is -0.206. The number of carbonyl (C=O) groups excluding carboxylic acids is 1. The van der Waals surface area contributed by atoms with Crippen molar-refractivity contribution >= 4 is 5.97 Å². The molecule has 0 atom stereocenters. The van der Waals surface area contributed by atoms with E-state index in [0.717, 1.165) is 19.4 Å². The summed E-state index contributed by atoms with van der Waals surface area (Å²) in [6, 6.07) is 10.1. The molecule has 0 aromatic heterocycles. The van der Waals surface area contributed by atoms with E-state index in [1.807, 2.05) is 51.1 Å². The Balaban J connectivity index is 2.57. The number of unbranched alkanes of at least 4 members (excludes halogenated alkanes) is 1. The Bertz CT molecular complexity index is 412. The predicted molar refractivity (Wildman–Crippen MR) is 83.9 cm³/mol. The highest BCUT2D eigenvalue weighted by molar-refractivity contribution is 5.72. The molecular weight excluding hydrogens is 266 g/mol. The van der Waals surface area contributed by atoms with E-state index in [9.17, 15) is 4.79 Å². The van der Waals surface area contributed by atoms with Gasteiger partial charge < -0.3 is 9.84 Å². The molecular formula is C17H27NO3. The summed E-state index contributed by atoms with van der Waals surface area (Å²) < 4.78 is 5.38. The summed E-state index contributed by atoms with van der Waals surface area (Å²) in [4.78, 5) is 14.0. The molecule has 0 aliphatic heterocycles. The van der Waals surface area contributed by atoms with E-state index in [0.29, 0.717) is 6.54 Å². The number of benzene rings is 1. The van der Waals surface area contributed by atoms with E-state index >= 15 is 0 Å². The van der Waals surface area contributed by atoms with Gasteiger partial charge in [0.15, 0.2) is 0 Å². The van der Waals surface area contributed by atoms with Crippen LogP contribution in [0.3, 0.4) is 0 Å². The van der Waals surface area contributed by atoms with E-state index in [1.54, 1.807) is 0 Å². The highest BCUT2D eigenvalue weighted by Gasteiger charge is 2.19. The van der Waals surface area contributed by atoms with E-state index in [-0.39, 0.29) is 19.1 Å². The van der Waals surface area contributed by atoms with Gasteiger partial charge in [0.1, 0.15) is 5.60 Å². The van der Waals surface area contributed by atoms with Crippen molar-refractivity contribution in [3.05, 3.63) is 35.9 Å². The minimum Gasteiger partial charge on any atom is -0.459 e. The van der Waals surface area contributed by atoms with E-state index in [4.69, 9.17) is 9.84 Å². The third-order valence-corrected chi connectivity index (χ3v) is 2.90. The van der Waals surface area contributed by atoms with Crippen LogP contribution in [0.2, 0.25) is 0 Å². The average molecular weight is 293 g/mol. The average Bonchev–Trinajstić information content (AvgIpc) is 2.37.